The lowest BCUT2D eigenvalue weighted by Crippen LogP contribution is -2.44. The Morgan fingerprint density at radius 2 is 1.03 bits per heavy atom. The highest BCUT2D eigenvalue weighted by atomic mass is 19.4. The molecule has 156 valence electrons. The van der Waals surface area contributed by atoms with Crippen LogP contribution >= 0.6 is 0 Å². The molecule has 0 heterocycles. The second kappa shape index (κ2) is 9.11. The molecule has 0 aliphatic heterocycles. The predicted molar refractivity (Wildman–Crippen MR) is 108 cm³/mol. The van der Waals surface area contributed by atoms with Gasteiger partial charge in [-0.1, -0.05) is 91.0 Å². The maximum Gasteiger partial charge on any atom is 0.459 e. The maximum atomic E-state index is 14.7. The first-order valence-electron chi connectivity index (χ1n) is 9.32. The number of hydrogen-bond donors (Lipinski definition) is 0. The van der Waals surface area contributed by atoms with E-state index in [1.165, 1.54) is 12.1 Å². The topological polar surface area (TPSA) is 3.24 Å². The smallest absolute Gasteiger partial charge is 0.361 e. The summed E-state index contributed by atoms with van der Waals surface area (Å²) in [6, 6.07) is 25.0. The molecule has 6 heteroatoms. The molecule has 0 aromatic heterocycles. The fourth-order valence-electron chi connectivity index (χ4n) is 3.07. The van der Waals surface area contributed by atoms with Crippen LogP contribution in [0.5, 0.6) is 0 Å². The van der Waals surface area contributed by atoms with Crippen molar-refractivity contribution in [3.63, 3.8) is 0 Å². The molecule has 0 aliphatic rings. The lowest BCUT2D eigenvalue weighted by molar-refractivity contribution is -0.270. The molecule has 0 fully saturated rings. The first-order valence-corrected chi connectivity index (χ1v) is 9.32. The lowest BCUT2D eigenvalue weighted by Gasteiger charge is -2.33. The summed E-state index contributed by atoms with van der Waals surface area (Å²) in [6.45, 7) is -0.194. The van der Waals surface area contributed by atoms with E-state index < -0.39 is 17.8 Å². The zero-order chi connectivity index (χ0) is 21.6. The summed E-state index contributed by atoms with van der Waals surface area (Å²) >= 11 is 0. The van der Waals surface area contributed by atoms with E-state index >= 15 is 0 Å². The average Bonchev–Trinajstić information content (AvgIpc) is 2.73. The van der Waals surface area contributed by atoms with Gasteiger partial charge in [-0.25, -0.2) is 0 Å². The van der Waals surface area contributed by atoms with E-state index in [1.807, 2.05) is 0 Å². The van der Waals surface area contributed by atoms with Crippen molar-refractivity contribution in [1.29, 1.82) is 0 Å². The van der Waals surface area contributed by atoms with Crippen LogP contribution in [0.15, 0.2) is 96.7 Å². The molecule has 0 aliphatic carbocycles. The quantitative estimate of drug-likeness (QED) is 0.377. The number of rotatable bonds is 7. The lowest BCUT2D eigenvalue weighted by atomic mass is 10.1. The van der Waals surface area contributed by atoms with Gasteiger partial charge in [0.25, 0.3) is 0 Å². The zero-order valence-corrected chi connectivity index (χ0v) is 16.0. The SMILES string of the molecule is FC(F)(F)C(F)(F)/C(=C/c1ccccc1)N(Cc1ccccc1)Cc1ccccc1. The third-order valence-electron chi connectivity index (χ3n) is 4.55. The molecule has 0 radical (unpaired) electrons. The summed E-state index contributed by atoms with van der Waals surface area (Å²) in [7, 11) is 0. The number of allylic oxidation sites excluding steroid dienone is 1. The van der Waals surface area contributed by atoms with Gasteiger partial charge < -0.3 is 4.90 Å². The van der Waals surface area contributed by atoms with Crippen molar-refractivity contribution in [3.05, 3.63) is 113 Å². The average molecular weight is 417 g/mol. The summed E-state index contributed by atoms with van der Waals surface area (Å²) in [6.07, 6.45) is -4.81. The van der Waals surface area contributed by atoms with E-state index in [1.54, 1.807) is 78.9 Å². The van der Waals surface area contributed by atoms with Crippen molar-refractivity contribution < 1.29 is 22.0 Å². The van der Waals surface area contributed by atoms with E-state index in [4.69, 9.17) is 0 Å². The largest absolute Gasteiger partial charge is 0.459 e. The molecule has 0 spiro atoms. The zero-order valence-electron chi connectivity index (χ0n) is 16.0. The van der Waals surface area contributed by atoms with Crippen LogP contribution < -0.4 is 0 Å². The number of nitrogens with zero attached hydrogens (tertiary/aromatic N) is 1. The van der Waals surface area contributed by atoms with E-state index in [0.717, 1.165) is 11.0 Å². The highest BCUT2D eigenvalue weighted by molar-refractivity contribution is 5.54. The van der Waals surface area contributed by atoms with Crippen molar-refractivity contribution in [1.82, 2.24) is 4.90 Å². The van der Waals surface area contributed by atoms with Crippen LogP contribution in [0, 0.1) is 0 Å². The Balaban J connectivity index is 2.10. The highest BCUT2D eigenvalue weighted by Gasteiger charge is 2.61. The first-order chi connectivity index (χ1) is 14.3. The molecule has 0 bridgehead atoms. The van der Waals surface area contributed by atoms with Gasteiger partial charge in [0.05, 0.1) is 5.70 Å². The Morgan fingerprint density at radius 3 is 1.43 bits per heavy atom. The van der Waals surface area contributed by atoms with Crippen molar-refractivity contribution in [2.75, 3.05) is 0 Å². The standard InChI is InChI=1S/C24H20F5N/c25-23(26,24(27,28)29)22(16-19-10-4-1-5-11-19)30(17-20-12-6-2-7-13-20)18-21-14-8-3-9-15-21/h1-16H,17-18H2/b22-16-. The highest BCUT2D eigenvalue weighted by Crippen LogP contribution is 2.44. The Labute approximate surface area is 172 Å². The molecule has 3 rings (SSSR count). The molecular formula is C24H20F5N. The van der Waals surface area contributed by atoms with Gasteiger partial charge in [0.1, 0.15) is 0 Å². The summed E-state index contributed by atoms with van der Waals surface area (Å²) in [4.78, 5) is 1.09. The minimum atomic E-state index is -5.72. The predicted octanol–water partition coefficient (Wildman–Crippen LogP) is 6.93. The van der Waals surface area contributed by atoms with Crippen LogP contribution in [-0.2, 0) is 13.1 Å². The molecule has 0 amide bonds. The van der Waals surface area contributed by atoms with Crippen LogP contribution in [0.2, 0.25) is 0 Å². The van der Waals surface area contributed by atoms with Crippen LogP contribution in [0.4, 0.5) is 22.0 Å². The molecule has 0 atom stereocenters. The summed E-state index contributed by atoms with van der Waals surface area (Å²) < 4.78 is 69.6. The van der Waals surface area contributed by atoms with Crippen molar-refractivity contribution in [2.45, 2.75) is 25.2 Å². The second-order valence-corrected chi connectivity index (χ2v) is 6.84. The van der Waals surface area contributed by atoms with Crippen molar-refractivity contribution >= 4 is 6.08 Å². The Morgan fingerprint density at radius 1 is 0.633 bits per heavy atom. The van der Waals surface area contributed by atoms with Crippen molar-refractivity contribution in [2.24, 2.45) is 0 Å². The normalized spacial score (nSPS) is 12.6. The summed E-state index contributed by atoms with van der Waals surface area (Å²) in [5.74, 6) is -5.02. The fraction of sp³-hybridized carbons (Fsp3) is 0.167. The minimum absolute atomic E-state index is 0.0972. The number of benzene rings is 3. The van der Waals surface area contributed by atoms with Gasteiger partial charge >= 0.3 is 12.1 Å². The molecule has 0 saturated carbocycles. The van der Waals surface area contributed by atoms with Gasteiger partial charge in [-0.05, 0) is 22.8 Å². The van der Waals surface area contributed by atoms with E-state index in [0.29, 0.717) is 11.1 Å². The molecule has 3 aromatic carbocycles. The minimum Gasteiger partial charge on any atom is -0.361 e. The molecule has 0 unspecified atom stereocenters. The van der Waals surface area contributed by atoms with Gasteiger partial charge in [-0.2, -0.15) is 22.0 Å². The third kappa shape index (κ3) is 5.26. The number of alkyl halides is 5. The van der Waals surface area contributed by atoms with E-state index in [9.17, 15) is 22.0 Å². The van der Waals surface area contributed by atoms with Crippen LogP contribution in [0.1, 0.15) is 16.7 Å². The monoisotopic (exact) mass is 417 g/mol. The summed E-state index contributed by atoms with van der Waals surface area (Å²) in [5, 5.41) is 0. The van der Waals surface area contributed by atoms with Gasteiger partial charge in [-0.15, -0.1) is 0 Å². The molecule has 0 N–H and O–H groups in total. The van der Waals surface area contributed by atoms with Crippen LogP contribution in [0.3, 0.4) is 0 Å². The molecule has 3 aromatic rings. The molecular weight excluding hydrogens is 397 g/mol. The van der Waals surface area contributed by atoms with E-state index in [-0.39, 0.29) is 18.7 Å². The van der Waals surface area contributed by atoms with Gasteiger partial charge in [0.2, 0.25) is 0 Å². The molecule has 1 nitrogen and oxygen atoms in total. The van der Waals surface area contributed by atoms with Gasteiger partial charge in [-0.3, -0.25) is 0 Å². The maximum absolute atomic E-state index is 14.7. The fourth-order valence-corrected chi connectivity index (χ4v) is 3.07. The number of hydrogen-bond acceptors (Lipinski definition) is 1. The van der Waals surface area contributed by atoms with Gasteiger partial charge in [0, 0.05) is 13.1 Å². The Kier molecular flexibility index (Phi) is 6.55. The second-order valence-electron chi connectivity index (χ2n) is 6.84. The van der Waals surface area contributed by atoms with Crippen molar-refractivity contribution in [3.8, 4) is 0 Å². The van der Waals surface area contributed by atoms with Gasteiger partial charge in [0.15, 0.2) is 0 Å². The molecule has 30 heavy (non-hydrogen) atoms. The molecule has 0 saturated heterocycles. The third-order valence-corrected chi connectivity index (χ3v) is 4.55. The van der Waals surface area contributed by atoms with Crippen LogP contribution in [-0.4, -0.2) is 17.0 Å². The van der Waals surface area contributed by atoms with Crippen LogP contribution in [0.25, 0.3) is 6.08 Å². The Hall–Kier alpha value is -3.15. The Bertz CT molecular complexity index is 910. The van der Waals surface area contributed by atoms with E-state index in [2.05, 4.69) is 0 Å². The summed E-state index contributed by atoms with van der Waals surface area (Å²) in [5.41, 5.74) is 0.437. The first kappa shape index (κ1) is 21.6. The number of halogens is 5.